The molecule has 10 heteroatoms. The molecule has 1 fully saturated rings. The molecule has 3 atom stereocenters. The van der Waals surface area contributed by atoms with Gasteiger partial charge in [-0.15, -0.1) is 11.3 Å². The van der Waals surface area contributed by atoms with Crippen molar-refractivity contribution in [3.63, 3.8) is 0 Å². The second-order valence-electron chi connectivity index (χ2n) is 10.5. The molecule has 0 radical (unpaired) electrons. The Kier molecular flexibility index (Phi) is 7.80. The Morgan fingerprint density at radius 3 is 2.64 bits per heavy atom. The van der Waals surface area contributed by atoms with Gasteiger partial charge in [-0.3, -0.25) is 14.6 Å². The molecule has 1 aliphatic carbocycles. The molecule has 3 N–H and O–H groups in total. The third-order valence-corrected chi connectivity index (χ3v) is 9.40. The summed E-state index contributed by atoms with van der Waals surface area (Å²) in [5, 5.41) is 10.6. The van der Waals surface area contributed by atoms with Gasteiger partial charge in [0, 0.05) is 47.3 Å². The van der Waals surface area contributed by atoms with Crippen LogP contribution in [0.2, 0.25) is 10.0 Å². The SMILES string of the molecule is CC1(C)[C@@H](CC(=O)N[C@@H](Cc2cccs2)C(N)=O)C[C@@H]1c1cc(-c2cccnc2)nn1-c1ccc(Cl)c(Cl)c1. The van der Waals surface area contributed by atoms with E-state index in [0.29, 0.717) is 22.9 Å². The second kappa shape index (κ2) is 11.1. The Morgan fingerprint density at radius 2 is 2.00 bits per heavy atom. The molecule has 2 amide bonds. The van der Waals surface area contributed by atoms with Crippen LogP contribution in [0.15, 0.2) is 66.3 Å². The van der Waals surface area contributed by atoms with Crippen molar-refractivity contribution in [3.8, 4) is 16.9 Å². The van der Waals surface area contributed by atoms with Gasteiger partial charge in [-0.2, -0.15) is 5.10 Å². The smallest absolute Gasteiger partial charge is 0.240 e. The predicted molar refractivity (Wildman–Crippen MR) is 155 cm³/mol. The minimum Gasteiger partial charge on any atom is -0.368 e. The second-order valence-corrected chi connectivity index (χ2v) is 12.4. The van der Waals surface area contributed by atoms with Crippen molar-refractivity contribution in [3.05, 3.63) is 86.9 Å². The van der Waals surface area contributed by atoms with Crippen molar-refractivity contribution in [1.82, 2.24) is 20.1 Å². The quantitative estimate of drug-likeness (QED) is 0.251. The highest BCUT2D eigenvalue weighted by Crippen LogP contribution is 2.58. The fourth-order valence-electron chi connectivity index (χ4n) is 5.32. The molecule has 1 aromatic carbocycles. The first-order valence-electron chi connectivity index (χ1n) is 12.7. The maximum atomic E-state index is 13.0. The lowest BCUT2D eigenvalue weighted by atomic mass is 9.52. The minimum absolute atomic E-state index is 0.122. The number of halogens is 2. The average molecular weight is 583 g/mol. The lowest BCUT2D eigenvalue weighted by Crippen LogP contribution is -2.49. The molecule has 7 nitrogen and oxygen atoms in total. The van der Waals surface area contributed by atoms with Gasteiger partial charge in [-0.05, 0) is 65.6 Å². The summed E-state index contributed by atoms with van der Waals surface area (Å²) in [7, 11) is 0. The molecule has 3 aromatic heterocycles. The topological polar surface area (TPSA) is 103 Å². The van der Waals surface area contributed by atoms with Crippen LogP contribution >= 0.6 is 34.5 Å². The predicted octanol–water partition coefficient (Wildman–Crippen LogP) is 6.04. The third-order valence-electron chi connectivity index (χ3n) is 7.77. The number of thiophene rings is 1. The lowest BCUT2D eigenvalue weighted by Gasteiger charge is -2.52. The molecule has 202 valence electrons. The van der Waals surface area contributed by atoms with E-state index in [2.05, 4.69) is 30.2 Å². The molecule has 0 unspecified atom stereocenters. The maximum absolute atomic E-state index is 13.0. The molecule has 39 heavy (non-hydrogen) atoms. The molecule has 0 bridgehead atoms. The standard InChI is InChI=1S/C29H29Cl2N5O2S/c1-29(2)18(12-27(37)34-25(28(32)38)14-20-6-4-10-39-20)11-21(29)26-15-24(17-5-3-9-33-16-17)35-36(26)19-7-8-22(30)23(31)13-19/h3-10,13,15-16,18,21,25H,11-12,14H2,1-2H3,(H2,32,38)(H,34,37)/t18-,21-,25+/m1/s1. The van der Waals surface area contributed by atoms with Crippen molar-refractivity contribution >= 4 is 46.4 Å². The number of benzene rings is 1. The number of nitrogens with two attached hydrogens (primary N) is 1. The van der Waals surface area contributed by atoms with Gasteiger partial charge in [0.05, 0.1) is 21.4 Å². The summed E-state index contributed by atoms with van der Waals surface area (Å²) in [6.45, 7) is 4.35. The number of amides is 2. The summed E-state index contributed by atoms with van der Waals surface area (Å²) in [6.07, 6.45) is 5.03. The van der Waals surface area contributed by atoms with Crippen molar-refractivity contribution < 1.29 is 9.59 Å². The highest BCUT2D eigenvalue weighted by molar-refractivity contribution is 7.09. The summed E-state index contributed by atoms with van der Waals surface area (Å²) in [4.78, 5) is 30.3. The summed E-state index contributed by atoms with van der Waals surface area (Å²) >= 11 is 14.1. The van der Waals surface area contributed by atoms with Gasteiger partial charge < -0.3 is 11.1 Å². The van der Waals surface area contributed by atoms with Crippen molar-refractivity contribution in [2.75, 3.05) is 0 Å². The van der Waals surface area contributed by atoms with Gasteiger partial charge in [0.1, 0.15) is 6.04 Å². The molecular formula is C29H29Cl2N5O2S. The van der Waals surface area contributed by atoms with Crippen LogP contribution in [-0.2, 0) is 16.0 Å². The Labute approximate surface area is 241 Å². The Bertz CT molecular complexity index is 1490. The first-order valence-corrected chi connectivity index (χ1v) is 14.3. The fourth-order valence-corrected chi connectivity index (χ4v) is 6.36. The van der Waals surface area contributed by atoms with Crippen LogP contribution in [0.25, 0.3) is 16.9 Å². The van der Waals surface area contributed by atoms with E-state index in [-0.39, 0.29) is 23.2 Å². The van der Waals surface area contributed by atoms with Gasteiger partial charge in [-0.1, -0.05) is 43.1 Å². The largest absolute Gasteiger partial charge is 0.368 e. The van der Waals surface area contributed by atoms with Crippen LogP contribution in [0.4, 0.5) is 0 Å². The van der Waals surface area contributed by atoms with Crippen LogP contribution in [-0.4, -0.2) is 32.6 Å². The number of hydrogen-bond donors (Lipinski definition) is 2. The van der Waals surface area contributed by atoms with Crippen LogP contribution in [0.1, 0.15) is 43.2 Å². The lowest BCUT2D eigenvalue weighted by molar-refractivity contribution is -0.130. The zero-order valence-electron chi connectivity index (χ0n) is 21.6. The van der Waals surface area contributed by atoms with Crippen LogP contribution < -0.4 is 11.1 Å². The first-order chi connectivity index (χ1) is 18.6. The van der Waals surface area contributed by atoms with E-state index in [0.717, 1.165) is 33.9 Å². The monoisotopic (exact) mass is 581 g/mol. The molecule has 3 heterocycles. The fraction of sp³-hybridized carbons (Fsp3) is 0.310. The van der Waals surface area contributed by atoms with Gasteiger partial charge >= 0.3 is 0 Å². The van der Waals surface area contributed by atoms with Crippen molar-refractivity contribution in [2.24, 2.45) is 17.1 Å². The molecular weight excluding hydrogens is 553 g/mol. The molecule has 0 spiro atoms. The number of nitrogens with zero attached hydrogens (tertiary/aromatic N) is 3. The zero-order valence-corrected chi connectivity index (χ0v) is 23.9. The van der Waals surface area contributed by atoms with Gasteiger partial charge in [0.25, 0.3) is 0 Å². The highest BCUT2D eigenvalue weighted by atomic mass is 35.5. The average Bonchev–Trinajstić information content (AvgIpc) is 3.58. The summed E-state index contributed by atoms with van der Waals surface area (Å²) < 4.78 is 1.91. The van der Waals surface area contributed by atoms with Crippen molar-refractivity contribution in [1.29, 1.82) is 0 Å². The van der Waals surface area contributed by atoms with E-state index >= 15 is 0 Å². The summed E-state index contributed by atoms with van der Waals surface area (Å²) in [5.74, 6) is -0.436. The zero-order chi connectivity index (χ0) is 27.7. The number of hydrogen-bond acceptors (Lipinski definition) is 5. The third kappa shape index (κ3) is 5.73. The molecule has 4 aromatic rings. The normalized spacial score (nSPS) is 18.8. The van der Waals surface area contributed by atoms with Gasteiger partial charge in [0.2, 0.25) is 11.8 Å². The van der Waals surface area contributed by atoms with Crippen LogP contribution in [0.3, 0.4) is 0 Å². The molecule has 0 saturated heterocycles. The van der Waals surface area contributed by atoms with Gasteiger partial charge in [-0.25, -0.2) is 4.68 Å². The van der Waals surface area contributed by atoms with E-state index in [1.807, 2.05) is 46.5 Å². The number of pyridine rings is 1. The van der Waals surface area contributed by atoms with Crippen LogP contribution in [0, 0.1) is 11.3 Å². The molecule has 1 saturated carbocycles. The number of primary amides is 1. The van der Waals surface area contributed by atoms with Gasteiger partial charge in [0.15, 0.2) is 0 Å². The number of aromatic nitrogens is 3. The highest BCUT2D eigenvalue weighted by Gasteiger charge is 2.50. The number of carbonyl (C=O) groups excluding carboxylic acids is 2. The van der Waals surface area contributed by atoms with E-state index in [1.54, 1.807) is 18.5 Å². The van der Waals surface area contributed by atoms with Crippen molar-refractivity contribution in [2.45, 2.75) is 45.1 Å². The molecule has 5 rings (SSSR count). The Hall–Kier alpha value is -3.20. The Morgan fingerprint density at radius 1 is 1.18 bits per heavy atom. The Balaban J connectivity index is 1.36. The van der Waals surface area contributed by atoms with E-state index in [4.69, 9.17) is 34.0 Å². The summed E-state index contributed by atoms with van der Waals surface area (Å²) in [5.41, 5.74) is 8.95. The number of nitrogens with one attached hydrogen (secondary N) is 1. The van der Waals surface area contributed by atoms with E-state index < -0.39 is 11.9 Å². The molecule has 1 aliphatic rings. The van der Waals surface area contributed by atoms with E-state index in [9.17, 15) is 9.59 Å². The molecule has 0 aliphatic heterocycles. The summed E-state index contributed by atoms with van der Waals surface area (Å²) in [6, 6.07) is 14.5. The van der Waals surface area contributed by atoms with E-state index in [1.165, 1.54) is 11.3 Å². The van der Waals surface area contributed by atoms with Crippen LogP contribution in [0.5, 0.6) is 0 Å². The number of carbonyl (C=O) groups is 2. The maximum Gasteiger partial charge on any atom is 0.240 e. The minimum atomic E-state index is -0.728. The first kappa shape index (κ1) is 27.4. The number of rotatable bonds is 9.